The van der Waals surface area contributed by atoms with Crippen molar-refractivity contribution in [1.29, 1.82) is 0 Å². The first-order valence-corrected chi connectivity index (χ1v) is 11.4. The highest BCUT2D eigenvalue weighted by atomic mass is 32.2. The lowest BCUT2D eigenvalue weighted by atomic mass is 10.2. The molecular formula is C23H24N4O4S. The quantitative estimate of drug-likeness (QED) is 0.435. The zero-order valence-corrected chi connectivity index (χ0v) is 18.9. The van der Waals surface area contributed by atoms with Crippen molar-refractivity contribution in [3.05, 3.63) is 77.6 Å². The number of methoxy groups -OCH3 is 1. The SMILES string of the molecule is CNc1nc(COCc2ccc(OC)cc2)c2ccn(S(=O)(=O)c3ccc(C)cc3)c2n1. The summed E-state index contributed by atoms with van der Waals surface area (Å²) in [6.07, 6.45) is 1.50. The van der Waals surface area contributed by atoms with Crippen molar-refractivity contribution in [2.24, 2.45) is 0 Å². The van der Waals surface area contributed by atoms with Crippen LogP contribution >= 0.6 is 0 Å². The second-order valence-electron chi connectivity index (χ2n) is 7.25. The minimum atomic E-state index is -3.80. The predicted octanol–water partition coefficient (Wildman–Crippen LogP) is 3.74. The van der Waals surface area contributed by atoms with Crippen molar-refractivity contribution >= 4 is 27.0 Å². The molecule has 0 atom stereocenters. The number of aryl methyl sites for hydroxylation is 1. The molecule has 0 bridgehead atoms. The average Bonchev–Trinajstić information content (AvgIpc) is 3.25. The zero-order chi connectivity index (χ0) is 22.7. The van der Waals surface area contributed by atoms with E-state index < -0.39 is 10.0 Å². The third-order valence-electron chi connectivity index (χ3n) is 5.06. The van der Waals surface area contributed by atoms with Gasteiger partial charge in [0, 0.05) is 18.6 Å². The van der Waals surface area contributed by atoms with E-state index in [4.69, 9.17) is 9.47 Å². The van der Waals surface area contributed by atoms with Gasteiger partial charge in [-0.05, 0) is 42.8 Å². The van der Waals surface area contributed by atoms with Crippen molar-refractivity contribution in [3.8, 4) is 5.75 Å². The Hall–Kier alpha value is -3.43. The summed E-state index contributed by atoms with van der Waals surface area (Å²) < 4.78 is 38.7. The first-order valence-electron chi connectivity index (χ1n) is 10.0. The van der Waals surface area contributed by atoms with E-state index in [9.17, 15) is 8.42 Å². The molecule has 0 saturated heterocycles. The van der Waals surface area contributed by atoms with Gasteiger partial charge in [0.15, 0.2) is 5.65 Å². The van der Waals surface area contributed by atoms with Gasteiger partial charge < -0.3 is 14.8 Å². The van der Waals surface area contributed by atoms with Crippen LogP contribution in [0.1, 0.15) is 16.8 Å². The van der Waals surface area contributed by atoms with E-state index in [1.807, 2.05) is 31.2 Å². The van der Waals surface area contributed by atoms with Crippen molar-refractivity contribution in [3.63, 3.8) is 0 Å². The molecule has 9 heteroatoms. The van der Waals surface area contributed by atoms with E-state index in [1.54, 1.807) is 44.5 Å². The number of ether oxygens (including phenoxy) is 2. The van der Waals surface area contributed by atoms with E-state index in [2.05, 4.69) is 15.3 Å². The molecule has 166 valence electrons. The van der Waals surface area contributed by atoms with Gasteiger partial charge in [0.2, 0.25) is 5.95 Å². The van der Waals surface area contributed by atoms with Gasteiger partial charge in [0.1, 0.15) is 5.75 Å². The molecule has 0 spiro atoms. The minimum absolute atomic E-state index is 0.197. The van der Waals surface area contributed by atoms with Gasteiger partial charge >= 0.3 is 0 Å². The number of nitrogens with one attached hydrogen (secondary N) is 1. The van der Waals surface area contributed by atoms with Crippen LogP contribution in [-0.4, -0.2) is 36.5 Å². The molecule has 2 aromatic heterocycles. The predicted molar refractivity (Wildman–Crippen MR) is 122 cm³/mol. The average molecular weight is 453 g/mol. The topological polar surface area (TPSA) is 95.3 Å². The Morgan fingerprint density at radius 1 is 0.969 bits per heavy atom. The van der Waals surface area contributed by atoms with Crippen LogP contribution in [0.15, 0.2) is 65.7 Å². The van der Waals surface area contributed by atoms with E-state index in [1.165, 1.54) is 10.2 Å². The second-order valence-corrected chi connectivity index (χ2v) is 9.07. The highest BCUT2D eigenvalue weighted by Gasteiger charge is 2.22. The number of anilines is 1. The summed E-state index contributed by atoms with van der Waals surface area (Å²) in [6.45, 7) is 2.49. The summed E-state index contributed by atoms with van der Waals surface area (Å²) >= 11 is 0. The summed E-state index contributed by atoms with van der Waals surface area (Å²) in [6, 6.07) is 16.0. The Balaban J connectivity index is 1.64. The molecule has 0 fully saturated rings. The summed E-state index contributed by atoms with van der Waals surface area (Å²) in [7, 11) is -0.498. The van der Waals surface area contributed by atoms with Crippen LogP contribution in [0.4, 0.5) is 5.95 Å². The highest BCUT2D eigenvalue weighted by molar-refractivity contribution is 7.90. The Bertz CT molecular complexity index is 1330. The van der Waals surface area contributed by atoms with Gasteiger partial charge in [-0.15, -0.1) is 0 Å². The van der Waals surface area contributed by atoms with Crippen molar-refractivity contribution in [2.45, 2.75) is 25.0 Å². The molecular weight excluding hydrogens is 428 g/mol. The number of hydrogen-bond donors (Lipinski definition) is 1. The fourth-order valence-corrected chi connectivity index (χ4v) is 4.58. The molecule has 0 aliphatic carbocycles. The lowest BCUT2D eigenvalue weighted by Gasteiger charge is -2.10. The van der Waals surface area contributed by atoms with E-state index in [0.717, 1.165) is 16.9 Å². The van der Waals surface area contributed by atoms with Crippen LogP contribution in [0.25, 0.3) is 11.0 Å². The number of rotatable bonds is 8. The molecule has 0 amide bonds. The van der Waals surface area contributed by atoms with Crippen molar-refractivity contribution in [1.82, 2.24) is 13.9 Å². The molecule has 0 aliphatic heterocycles. The normalized spacial score (nSPS) is 11.6. The third-order valence-corrected chi connectivity index (χ3v) is 6.74. The fourth-order valence-electron chi connectivity index (χ4n) is 3.28. The maximum atomic E-state index is 13.2. The standard InChI is InChI=1S/C23H24N4O4S/c1-16-4-10-19(11-5-16)32(28,29)27-13-12-20-21(25-23(24-2)26-22(20)27)15-31-14-17-6-8-18(30-3)9-7-17/h4-13H,14-15H2,1-3H3,(H,24,25,26). The summed E-state index contributed by atoms with van der Waals surface area (Å²) in [5.41, 5.74) is 2.88. The Kier molecular flexibility index (Phi) is 6.11. The Labute approximate surface area is 186 Å². The maximum Gasteiger partial charge on any atom is 0.269 e. The molecule has 0 unspecified atom stereocenters. The summed E-state index contributed by atoms with van der Waals surface area (Å²) in [5, 5.41) is 3.52. The molecule has 2 aromatic carbocycles. The van der Waals surface area contributed by atoms with E-state index >= 15 is 0 Å². The van der Waals surface area contributed by atoms with Crippen LogP contribution in [-0.2, 0) is 28.0 Å². The minimum Gasteiger partial charge on any atom is -0.497 e. The summed E-state index contributed by atoms with van der Waals surface area (Å²) in [5.74, 6) is 1.10. The number of hydrogen-bond acceptors (Lipinski definition) is 7. The van der Waals surface area contributed by atoms with Crippen molar-refractivity contribution < 1.29 is 17.9 Å². The first kappa shape index (κ1) is 21.8. The van der Waals surface area contributed by atoms with Crippen LogP contribution in [0.2, 0.25) is 0 Å². The zero-order valence-electron chi connectivity index (χ0n) is 18.1. The molecule has 8 nitrogen and oxygen atoms in total. The fraction of sp³-hybridized carbons (Fsp3) is 0.217. The van der Waals surface area contributed by atoms with Crippen LogP contribution in [0, 0.1) is 6.92 Å². The molecule has 4 aromatic rings. The molecule has 0 aliphatic rings. The smallest absolute Gasteiger partial charge is 0.269 e. The highest BCUT2D eigenvalue weighted by Crippen LogP contribution is 2.25. The Morgan fingerprint density at radius 2 is 1.69 bits per heavy atom. The number of nitrogens with zero attached hydrogens (tertiary/aromatic N) is 3. The van der Waals surface area contributed by atoms with Crippen molar-refractivity contribution in [2.75, 3.05) is 19.5 Å². The molecule has 0 radical (unpaired) electrons. The first-order chi connectivity index (χ1) is 15.4. The number of benzene rings is 2. The summed E-state index contributed by atoms with van der Waals surface area (Å²) in [4.78, 5) is 9.08. The lowest BCUT2D eigenvalue weighted by molar-refractivity contribution is 0.105. The monoisotopic (exact) mass is 452 g/mol. The lowest BCUT2D eigenvalue weighted by Crippen LogP contribution is -2.13. The molecule has 4 rings (SSSR count). The molecule has 32 heavy (non-hydrogen) atoms. The van der Waals surface area contributed by atoms with Gasteiger partial charge in [-0.3, -0.25) is 0 Å². The van der Waals surface area contributed by atoms with Gasteiger partial charge in [0.25, 0.3) is 10.0 Å². The molecule has 1 N–H and O–H groups in total. The third kappa shape index (κ3) is 4.30. The van der Waals surface area contributed by atoms with Gasteiger partial charge in [-0.25, -0.2) is 17.4 Å². The second kappa shape index (κ2) is 8.97. The largest absolute Gasteiger partial charge is 0.497 e. The van der Waals surface area contributed by atoms with Gasteiger partial charge in [0.05, 0.1) is 30.9 Å². The van der Waals surface area contributed by atoms with E-state index in [-0.39, 0.29) is 11.5 Å². The Morgan fingerprint density at radius 3 is 2.34 bits per heavy atom. The maximum absolute atomic E-state index is 13.2. The number of fused-ring (bicyclic) bond motifs is 1. The van der Waals surface area contributed by atoms with Gasteiger partial charge in [-0.1, -0.05) is 29.8 Å². The van der Waals surface area contributed by atoms with Crippen LogP contribution in [0.3, 0.4) is 0 Å². The van der Waals surface area contributed by atoms with Crippen LogP contribution < -0.4 is 10.1 Å². The van der Waals surface area contributed by atoms with Crippen LogP contribution in [0.5, 0.6) is 5.75 Å². The van der Waals surface area contributed by atoms with Gasteiger partial charge in [-0.2, -0.15) is 4.98 Å². The molecule has 0 saturated carbocycles. The molecule has 2 heterocycles. The van der Waals surface area contributed by atoms with E-state index in [0.29, 0.717) is 29.3 Å². The number of aromatic nitrogens is 3.